The van der Waals surface area contributed by atoms with E-state index in [4.69, 9.17) is 14.2 Å². The minimum absolute atomic E-state index is 0.235. The van der Waals surface area contributed by atoms with E-state index >= 15 is 0 Å². The molecule has 1 heterocycles. The Morgan fingerprint density at radius 3 is 2.72 bits per heavy atom. The average Bonchev–Trinajstić information content (AvgIpc) is 3.49. The number of fused-ring (bicyclic) bond motifs is 1. The molecule has 5 rings (SSSR count). The summed E-state index contributed by atoms with van der Waals surface area (Å²) in [5, 5.41) is 27.5. The number of aliphatic hydroxyl groups is 2. The molecule has 1 aromatic rings. The number of nitrogens with one attached hydrogen (secondary N) is 1. The summed E-state index contributed by atoms with van der Waals surface area (Å²) in [6.07, 6.45) is 14.7. The van der Waals surface area contributed by atoms with E-state index < -0.39 is 12.2 Å². The van der Waals surface area contributed by atoms with Crippen molar-refractivity contribution in [3.63, 3.8) is 0 Å². The van der Waals surface area contributed by atoms with Crippen molar-refractivity contribution in [2.45, 2.75) is 135 Å². The first kappa shape index (κ1) is 32.0. The lowest BCUT2D eigenvalue weighted by molar-refractivity contribution is 0.0460. The van der Waals surface area contributed by atoms with E-state index in [0.717, 1.165) is 61.9 Å². The number of aryl methyl sites for hydroxylation is 1. The summed E-state index contributed by atoms with van der Waals surface area (Å²) < 4.78 is 11.8. The lowest BCUT2D eigenvalue weighted by Crippen LogP contribution is -2.38. The first-order valence-corrected chi connectivity index (χ1v) is 16.8. The third-order valence-electron chi connectivity index (χ3n) is 11.2. The molecule has 0 spiro atoms. The number of amides is 1. The molecule has 0 radical (unpaired) electrons. The van der Waals surface area contributed by atoms with E-state index in [0.29, 0.717) is 43.0 Å². The van der Waals surface area contributed by atoms with Crippen molar-refractivity contribution in [2.24, 2.45) is 23.2 Å². The molecule has 0 aliphatic heterocycles. The lowest BCUT2D eigenvalue weighted by Gasteiger charge is -2.44. The Bertz CT molecular complexity index is 1220. The van der Waals surface area contributed by atoms with Gasteiger partial charge in [0.1, 0.15) is 6.10 Å². The summed E-state index contributed by atoms with van der Waals surface area (Å²) in [6, 6.07) is 0. The number of aromatic nitrogens is 2. The molecule has 43 heavy (non-hydrogen) atoms. The van der Waals surface area contributed by atoms with Crippen LogP contribution in [0.15, 0.2) is 40.0 Å². The summed E-state index contributed by atoms with van der Waals surface area (Å²) in [5.74, 6) is 3.00. The Hall–Kier alpha value is -2.45. The van der Waals surface area contributed by atoms with Crippen molar-refractivity contribution in [1.29, 1.82) is 0 Å². The molecule has 0 bridgehead atoms. The van der Waals surface area contributed by atoms with Crippen molar-refractivity contribution in [3.05, 3.63) is 47.2 Å². The zero-order valence-corrected chi connectivity index (χ0v) is 26.7. The predicted molar refractivity (Wildman–Crippen MR) is 166 cm³/mol. The average molecular weight is 596 g/mol. The molecule has 238 valence electrons. The maximum atomic E-state index is 12.6. The SMILES string of the molecule is C=C1/C(=C\C=C2/CCC[C@]3(C)[C@@H]([C@H](C)CC[C@H](OC(=O)NCC)C4(c5nc(CCC)no5)CC4)CC[C@@H]23)C[C@@H](O)C[C@@H]1O. The second-order valence-corrected chi connectivity index (χ2v) is 14.1. The number of alkyl carbamates (subject to hydrolysis) is 1. The van der Waals surface area contributed by atoms with Gasteiger partial charge in [-0.15, -0.1) is 0 Å². The normalized spacial score (nSPS) is 33.3. The summed E-state index contributed by atoms with van der Waals surface area (Å²) >= 11 is 0. The molecule has 8 heteroatoms. The molecule has 8 nitrogen and oxygen atoms in total. The maximum absolute atomic E-state index is 12.6. The molecular weight excluding hydrogens is 542 g/mol. The Balaban J connectivity index is 1.28. The topological polar surface area (TPSA) is 118 Å². The standard InChI is InChI=1S/C35H53N3O5/c1-6-9-31-37-32(43-38-31)35(18-19-35)30(42-33(41)36-7-2)16-11-22(3)27-14-15-28-24(10-8-17-34(27,28)5)12-13-25-20-26(39)21-29(40)23(25)4/h12-13,22,26-30,39-40H,4,6-11,14-21H2,1-3,5H3,(H,36,41)/b24-12+,25-13-/t22-,26-,27-,28+,29+,30+,34-/m1/s1. The molecule has 3 N–H and O–H groups in total. The first-order valence-electron chi connectivity index (χ1n) is 16.8. The number of aliphatic hydroxyl groups excluding tert-OH is 2. The van der Waals surface area contributed by atoms with Crippen LogP contribution in [0.5, 0.6) is 0 Å². The van der Waals surface area contributed by atoms with Gasteiger partial charge in [-0.1, -0.05) is 50.2 Å². The molecule has 0 unspecified atom stereocenters. The fourth-order valence-electron chi connectivity index (χ4n) is 8.65. The van der Waals surface area contributed by atoms with Gasteiger partial charge < -0.3 is 24.8 Å². The predicted octanol–water partition coefficient (Wildman–Crippen LogP) is 6.73. The molecule has 4 fully saturated rings. The summed E-state index contributed by atoms with van der Waals surface area (Å²) in [4.78, 5) is 17.3. The molecule has 0 aromatic carbocycles. The molecule has 4 aliphatic carbocycles. The maximum Gasteiger partial charge on any atom is 0.407 e. The van der Waals surface area contributed by atoms with Gasteiger partial charge in [0.05, 0.1) is 17.6 Å². The molecule has 1 aromatic heterocycles. The van der Waals surface area contributed by atoms with Crippen LogP contribution >= 0.6 is 0 Å². The highest BCUT2D eigenvalue weighted by Crippen LogP contribution is 2.60. The van der Waals surface area contributed by atoms with Gasteiger partial charge in [-0.25, -0.2) is 4.79 Å². The third-order valence-corrected chi connectivity index (χ3v) is 11.2. The van der Waals surface area contributed by atoms with Gasteiger partial charge in [0.2, 0.25) is 5.89 Å². The molecule has 4 saturated carbocycles. The molecule has 0 saturated heterocycles. The van der Waals surface area contributed by atoms with E-state index in [-0.39, 0.29) is 23.0 Å². The van der Waals surface area contributed by atoms with Crippen LogP contribution in [0.25, 0.3) is 0 Å². The second kappa shape index (κ2) is 13.3. The van der Waals surface area contributed by atoms with Crippen LogP contribution in [0.2, 0.25) is 0 Å². The number of allylic oxidation sites excluding steroid dienone is 3. The number of hydrogen-bond acceptors (Lipinski definition) is 7. The lowest BCUT2D eigenvalue weighted by atomic mass is 9.60. The largest absolute Gasteiger partial charge is 0.445 e. The van der Waals surface area contributed by atoms with Crippen LogP contribution in [-0.2, 0) is 16.6 Å². The van der Waals surface area contributed by atoms with Gasteiger partial charge >= 0.3 is 6.09 Å². The quantitative estimate of drug-likeness (QED) is 0.260. The minimum atomic E-state index is -0.657. The van der Waals surface area contributed by atoms with E-state index in [9.17, 15) is 15.0 Å². The van der Waals surface area contributed by atoms with E-state index in [2.05, 4.69) is 50.0 Å². The van der Waals surface area contributed by atoms with E-state index in [1.165, 1.54) is 31.3 Å². The van der Waals surface area contributed by atoms with Crippen molar-refractivity contribution in [1.82, 2.24) is 15.5 Å². The van der Waals surface area contributed by atoms with Crippen LogP contribution in [0.1, 0.15) is 116 Å². The van der Waals surface area contributed by atoms with E-state index in [1.54, 1.807) is 0 Å². The van der Waals surface area contributed by atoms with Gasteiger partial charge in [-0.05, 0) is 112 Å². The van der Waals surface area contributed by atoms with Gasteiger partial charge in [0.25, 0.3) is 0 Å². The molecular formula is C35H53N3O5. The molecule has 4 aliphatic rings. The Labute approximate surface area is 257 Å². The fourth-order valence-corrected chi connectivity index (χ4v) is 8.65. The van der Waals surface area contributed by atoms with Gasteiger partial charge in [-0.3, -0.25) is 0 Å². The Kier molecular flexibility index (Phi) is 9.86. The Morgan fingerprint density at radius 1 is 1.21 bits per heavy atom. The summed E-state index contributed by atoms with van der Waals surface area (Å²) in [7, 11) is 0. The number of nitrogens with zero attached hydrogens (tertiary/aromatic N) is 2. The van der Waals surface area contributed by atoms with Gasteiger partial charge in [-0.2, -0.15) is 4.98 Å². The highest BCUT2D eigenvalue weighted by Gasteiger charge is 2.58. The van der Waals surface area contributed by atoms with Crippen LogP contribution in [0.3, 0.4) is 0 Å². The number of hydrogen-bond donors (Lipinski definition) is 3. The monoisotopic (exact) mass is 595 g/mol. The fraction of sp³-hybridized carbons (Fsp3) is 0.743. The molecule has 1 amide bonds. The molecule has 7 atom stereocenters. The zero-order valence-electron chi connectivity index (χ0n) is 26.7. The summed E-state index contributed by atoms with van der Waals surface area (Å²) in [6.45, 7) is 13.5. The van der Waals surface area contributed by atoms with Crippen LogP contribution in [0, 0.1) is 23.2 Å². The van der Waals surface area contributed by atoms with Crippen LogP contribution in [0.4, 0.5) is 4.79 Å². The van der Waals surface area contributed by atoms with Crippen LogP contribution in [-0.4, -0.2) is 51.3 Å². The zero-order chi connectivity index (χ0) is 30.8. The first-order chi connectivity index (χ1) is 20.6. The smallest absolute Gasteiger partial charge is 0.407 e. The second-order valence-electron chi connectivity index (χ2n) is 14.1. The van der Waals surface area contributed by atoms with Gasteiger partial charge in [0, 0.05) is 19.4 Å². The minimum Gasteiger partial charge on any atom is -0.445 e. The number of carbonyl (C=O) groups is 1. The number of rotatable bonds is 11. The van der Waals surface area contributed by atoms with E-state index in [1.807, 2.05) is 6.92 Å². The highest BCUT2D eigenvalue weighted by atomic mass is 16.6. The summed E-state index contributed by atoms with van der Waals surface area (Å²) in [5.41, 5.74) is 3.10. The number of carbonyl (C=O) groups excluding carboxylic acids is 1. The van der Waals surface area contributed by atoms with Crippen molar-refractivity contribution in [3.8, 4) is 0 Å². The Morgan fingerprint density at radius 2 is 2.00 bits per heavy atom. The van der Waals surface area contributed by atoms with Crippen molar-refractivity contribution in [2.75, 3.05) is 6.54 Å². The highest BCUT2D eigenvalue weighted by molar-refractivity contribution is 5.67. The van der Waals surface area contributed by atoms with Crippen LogP contribution < -0.4 is 5.32 Å². The van der Waals surface area contributed by atoms with Crippen molar-refractivity contribution < 1.29 is 24.3 Å². The number of ether oxygens (including phenoxy) is 1. The van der Waals surface area contributed by atoms with Crippen molar-refractivity contribution >= 4 is 6.09 Å². The third kappa shape index (κ3) is 6.65. The van der Waals surface area contributed by atoms with Gasteiger partial charge in [0.15, 0.2) is 5.82 Å².